The first-order valence-corrected chi connectivity index (χ1v) is 8.08. The second kappa shape index (κ2) is 6.11. The van der Waals surface area contributed by atoms with Gasteiger partial charge in [-0.3, -0.25) is 0 Å². The third-order valence-corrected chi connectivity index (χ3v) is 4.74. The molecule has 0 radical (unpaired) electrons. The standard InChI is InChI=1S/C18H20BrN/c1-13(14-6-3-2-4-7-14)20-18-11-16(12-18)15-8-5-9-17(19)10-15/h2-10,13,16,18,20H,11-12H2,1H3. The lowest BCUT2D eigenvalue weighted by Gasteiger charge is -2.38. The molecule has 0 aliphatic heterocycles. The number of nitrogens with one attached hydrogen (secondary N) is 1. The molecule has 1 atom stereocenters. The molecule has 1 unspecified atom stereocenters. The third kappa shape index (κ3) is 3.13. The van der Waals surface area contributed by atoms with Crippen LogP contribution in [0.2, 0.25) is 0 Å². The molecule has 0 spiro atoms. The lowest BCUT2D eigenvalue weighted by molar-refractivity contribution is 0.271. The molecule has 2 aromatic carbocycles. The molecule has 3 rings (SSSR count). The van der Waals surface area contributed by atoms with E-state index in [-0.39, 0.29) is 0 Å². The number of halogens is 1. The van der Waals surface area contributed by atoms with Gasteiger partial charge in [0.05, 0.1) is 0 Å². The van der Waals surface area contributed by atoms with Gasteiger partial charge in [0, 0.05) is 16.6 Å². The van der Waals surface area contributed by atoms with Crippen molar-refractivity contribution in [2.45, 2.75) is 37.8 Å². The van der Waals surface area contributed by atoms with Gasteiger partial charge in [0.2, 0.25) is 0 Å². The van der Waals surface area contributed by atoms with Gasteiger partial charge in [-0.1, -0.05) is 58.4 Å². The topological polar surface area (TPSA) is 12.0 Å². The van der Waals surface area contributed by atoms with Gasteiger partial charge < -0.3 is 5.32 Å². The van der Waals surface area contributed by atoms with Crippen molar-refractivity contribution in [2.75, 3.05) is 0 Å². The van der Waals surface area contributed by atoms with E-state index >= 15 is 0 Å². The van der Waals surface area contributed by atoms with E-state index in [2.05, 4.69) is 82.8 Å². The van der Waals surface area contributed by atoms with Crippen molar-refractivity contribution in [1.82, 2.24) is 5.32 Å². The summed E-state index contributed by atoms with van der Waals surface area (Å²) in [5.74, 6) is 0.716. The molecule has 2 aromatic rings. The largest absolute Gasteiger partial charge is 0.307 e. The maximum atomic E-state index is 3.74. The van der Waals surface area contributed by atoms with Crippen LogP contribution in [-0.4, -0.2) is 6.04 Å². The van der Waals surface area contributed by atoms with Gasteiger partial charge in [-0.15, -0.1) is 0 Å². The van der Waals surface area contributed by atoms with Crippen LogP contribution < -0.4 is 5.32 Å². The van der Waals surface area contributed by atoms with Crippen molar-refractivity contribution in [3.63, 3.8) is 0 Å². The van der Waals surface area contributed by atoms with Crippen molar-refractivity contribution >= 4 is 15.9 Å². The van der Waals surface area contributed by atoms with E-state index in [4.69, 9.17) is 0 Å². The minimum Gasteiger partial charge on any atom is -0.307 e. The van der Waals surface area contributed by atoms with Gasteiger partial charge in [0.1, 0.15) is 0 Å². The summed E-state index contributed by atoms with van der Waals surface area (Å²) in [6.07, 6.45) is 2.49. The van der Waals surface area contributed by atoms with Crippen LogP contribution in [0, 0.1) is 0 Å². The second-order valence-corrected chi connectivity index (χ2v) is 6.63. The van der Waals surface area contributed by atoms with Crippen LogP contribution in [0.25, 0.3) is 0 Å². The average Bonchev–Trinajstić information content (AvgIpc) is 2.43. The van der Waals surface area contributed by atoms with E-state index in [0.717, 1.165) is 0 Å². The second-order valence-electron chi connectivity index (χ2n) is 5.72. The first-order chi connectivity index (χ1) is 9.72. The van der Waals surface area contributed by atoms with E-state index in [1.54, 1.807) is 0 Å². The molecule has 0 heterocycles. The molecule has 1 nitrogen and oxygen atoms in total. The SMILES string of the molecule is CC(NC1CC(c2cccc(Br)c2)C1)c1ccccc1. The molecule has 2 heteroatoms. The average molecular weight is 330 g/mol. The number of benzene rings is 2. The van der Waals surface area contributed by atoms with Crippen LogP contribution in [0.4, 0.5) is 0 Å². The Morgan fingerprint density at radius 3 is 2.50 bits per heavy atom. The minimum atomic E-state index is 0.435. The summed E-state index contributed by atoms with van der Waals surface area (Å²) in [7, 11) is 0. The molecule has 1 fully saturated rings. The highest BCUT2D eigenvalue weighted by Crippen LogP contribution is 2.38. The van der Waals surface area contributed by atoms with Gasteiger partial charge in [-0.05, 0) is 48.9 Å². The Kier molecular flexibility index (Phi) is 4.23. The Morgan fingerprint density at radius 1 is 1.05 bits per heavy atom. The number of rotatable bonds is 4. The van der Waals surface area contributed by atoms with Crippen LogP contribution in [0.5, 0.6) is 0 Å². The molecule has 0 amide bonds. The summed E-state index contributed by atoms with van der Waals surface area (Å²) >= 11 is 3.55. The molecule has 20 heavy (non-hydrogen) atoms. The van der Waals surface area contributed by atoms with Crippen molar-refractivity contribution < 1.29 is 0 Å². The Morgan fingerprint density at radius 2 is 1.80 bits per heavy atom. The number of hydrogen-bond acceptors (Lipinski definition) is 1. The van der Waals surface area contributed by atoms with Gasteiger partial charge in [0.25, 0.3) is 0 Å². The van der Waals surface area contributed by atoms with Gasteiger partial charge in [-0.2, -0.15) is 0 Å². The summed E-state index contributed by atoms with van der Waals surface area (Å²) in [6.45, 7) is 2.25. The summed E-state index contributed by atoms with van der Waals surface area (Å²) in [4.78, 5) is 0. The van der Waals surface area contributed by atoms with E-state index in [9.17, 15) is 0 Å². The molecule has 104 valence electrons. The van der Waals surface area contributed by atoms with E-state index < -0.39 is 0 Å². The van der Waals surface area contributed by atoms with Crippen LogP contribution >= 0.6 is 15.9 Å². The third-order valence-electron chi connectivity index (χ3n) is 4.24. The Bertz CT molecular complexity index is 561. The van der Waals surface area contributed by atoms with Gasteiger partial charge >= 0.3 is 0 Å². The fraction of sp³-hybridized carbons (Fsp3) is 0.333. The van der Waals surface area contributed by atoms with Crippen molar-refractivity contribution in [2.24, 2.45) is 0 Å². The summed E-state index contributed by atoms with van der Waals surface area (Å²) in [5.41, 5.74) is 2.84. The zero-order chi connectivity index (χ0) is 13.9. The van der Waals surface area contributed by atoms with Crippen molar-refractivity contribution in [3.8, 4) is 0 Å². The molecular formula is C18H20BrN. The predicted molar refractivity (Wildman–Crippen MR) is 87.9 cm³/mol. The molecule has 1 aliphatic carbocycles. The lowest BCUT2D eigenvalue weighted by atomic mass is 9.75. The Balaban J connectivity index is 1.54. The first kappa shape index (κ1) is 13.8. The minimum absolute atomic E-state index is 0.435. The quantitative estimate of drug-likeness (QED) is 0.827. The fourth-order valence-electron chi connectivity index (χ4n) is 2.98. The van der Waals surface area contributed by atoms with Crippen molar-refractivity contribution in [3.05, 3.63) is 70.2 Å². The van der Waals surface area contributed by atoms with Crippen LogP contribution in [0.3, 0.4) is 0 Å². The Labute approximate surface area is 129 Å². The smallest absolute Gasteiger partial charge is 0.0294 e. The van der Waals surface area contributed by atoms with Crippen LogP contribution in [0.1, 0.15) is 42.9 Å². The molecule has 1 N–H and O–H groups in total. The number of hydrogen-bond donors (Lipinski definition) is 1. The zero-order valence-corrected chi connectivity index (χ0v) is 13.3. The van der Waals surface area contributed by atoms with E-state index in [1.165, 1.54) is 28.4 Å². The summed E-state index contributed by atoms with van der Waals surface area (Å²) in [6, 6.07) is 20.5. The molecular weight excluding hydrogens is 310 g/mol. The molecule has 0 saturated heterocycles. The van der Waals surface area contributed by atoms with Gasteiger partial charge in [-0.25, -0.2) is 0 Å². The van der Waals surface area contributed by atoms with Crippen molar-refractivity contribution in [1.29, 1.82) is 0 Å². The van der Waals surface area contributed by atoms with E-state index in [0.29, 0.717) is 18.0 Å². The maximum absolute atomic E-state index is 3.74. The molecule has 1 aliphatic rings. The maximum Gasteiger partial charge on any atom is 0.0294 e. The van der Waals surface area contributed by atoms with E-state index in [1.807, 2.05) is 0 Å². The van der Waals surface area contributed by atoms with Gasteiger partial charge in [0.15, 0.2) is 0 Å². The zero-order valence-electron chi connectivity index (χ0n) is 11.7. The first-order valence-electron chi connectivity index (χ1n) is 7.29. The highest BCUT2D eigenvalue weighted by molar-refractivity contribution is 9.10. The summed E-state index contributed by atoms with van der Waals surface area (Å²) < 4.78 is 1.18. The lowest BCUT2D eigenvalue weighted by Crippen LogP contribution is -2.41. The highest BCUT2D eigenvalue weighted by atomic mass is 79.9. The molecule has 1 saturated carbocycles. The Hall–Kier alpha value is -1.12. The van der Waals surface area contributed by atoms with Crippen LogP contribution in [-0.2, 0) is 0 Å². The normalized spacial score (nSPS) is 23.1. The molecule has 0 aromatic heterocycles. The monoisotopic (exact) mass is 329 g/mol. The summed E-state index contributed by atoms with van der Waals surface area (Å²) in [5, 5.41) is 3.74. The highest BCUT2D eigenvalue weighted by Gasteiger charge is 2.31. The predicted octanol–water partition coefficient (Wildman–Crippen LogP) is 5.05. The fourth-order valence-corrected chi connectivity index (χ4v) is 3.40. The van der Waals surface area contributed by atoms with Crippen LogP contribution in [0.15, 0.2) is 59.1 Å². The molecule has 0 bridgehead atoms.